The number of hydrogen-bond acceptors (Lipinski definition) is 5. The lowest BCUT2D eigenvalue weighted by Crippen LogP contribution is -2.41. The van der Waals surface area contributed by atoms with Crippen LogP contribution in [0, 0.1) is 6.92 Å². The fraction of sp³-hybridized carbons (Fsp3) is 0.500. The molecule has 90 valence electrons. The van der Waals surface area contributed by atoms with Gasteiger partial charge in [-0.3, -0.25) is 4.79 Å². The van der Waals surface area contributed by atoms with E-state index in [0.29, 0.717) is 5.76 Å². The van der Waals surface area contributed by atoms with Gasteiger partial charge in [0.05, 0.1) is 12.3 Å². The molecule has 1 atom stereocenters. The predicted molar refractivity (Wildman–Crippen MR) is 57.3 cm³/mol. The van der Waals surface area contributed by atoms with Crippen molar-refractivity contribution in [3.63, 3.8) is 0 Å². The lowest BCUT2D eigenvalue weighted by Gasteiger charge is -2.10. The average molecular weight is 247 g/mol. The van der Waals surface area contributed by atoms with Gasteiger partial charge in [-0.1, -0.05) is 5.16 Å². The van der Waals surface area contributed by atoms with Crippen LogP contribution >= 0.6 is 0 Å². The lowest BCUT2D eigenvalue weighted by molar-refractivity contribution is -0.117. The summed E-state index contributed by atoms with van der Waals surface area (Å²) < 4.78 is 28.6. The Morgan fingerprint density at radius 2 is 2.19 bits per heavy atom. The Balaban J connectivity index is 2.59. The van der Waals surface area contributed by atoms with Crippen LogP contribution in [0.15, 0.2) is 10.6 Å². The summed E-state index contributed by atoms with van der Waals surface area (Å²) in [5.41, 5.74) is 0. The van der Waals surface area contributed by atoms with E-state index in [9.17, 15) is 13.2 Å². The molecule has 1 amide bonds. The van der Waals surface area contributed by atoms with Gasteiger partial charge in [0.25, 0.3) is 0 Å². The zero-order valence-electron chi connectivity index (χ0n) is 9.14. The van der Waals surface area contributed by atoms with E-state index in [-0.39, 0.29) is 5.82 Å². The maximum atomic E-state index is 11.5. The lowest BCUT2D eigenvalue weighted by atomic mass is 10.3. The van der Waals surface area contributed by atoms with Gasteiger partial charge in [0.2, 0.25) is 15.9 Å². The molecule has 0 aromatic carbocycles. The molecule has 7 nitrogen and oxygen atoms in total. The first-order valence-electron chi connectivity index (χ1n) is 4.49. The largest absolute Gasteiger partial charge is 0.360 e. The number of nitrogens with zero attached hydrogens (tertiary/aromatic N) is 1. The molecule has 0 saturated carbocycles. The zero-order valence-corrected chi connectivity index (χ0v) is 9.96. The molecule has 0 aliphatic rings. The van der Waals surface area contributed by atoms with Crippen LogP contribution in [-0.2, 0) is 14.8 Å². The van der Waals surface area contributed by atoms with Crippen LogP contribution in [0.1, 0.15) is 12.7 Å². The molecule has 0 fully saturated rings. The molecule has 0 unspecified atom stereocenters. The standard InChI is InChI=1S/C8H13N3O4S/c1-5-4-7(10-15-5)9-8(12)6(2)11-16(3,13)14/h4,6,11H,1-3H3,(H,9,10,12)/t6-/m0/s1. The van der Waals surface area contributed by atoms with E-state index in [4.69, 9.17) is 4.52 Å². The molecule has 0 saturated heterocycles. The Morgan fingerprint density at radius 3 is 2.62 bits per heavy atom. The molecule has 16 heavy (non-hydrogen) atoms. The smallest absolute Gasteiger partial charge is 0.243 e. The summed E-state index contributed by atoms with van der Waals surface area (Å²) in [6.07, 6.45) is 0.983. The van der Waals surface area contributed by atoms with Crippen molar-refractivity contribution >= 4 is 21.7 Å². The number of aryl methyl sites for hydroxylation is 1. The highest BCUT2D eigenvalue weighted by molar-refractivity contribution is 7.88. The molecule has 0 aliphatic carbocycles. The Bertz CT molecular complexity index is 479. The Morgan fingerprint density at radius 1 is 1.56 bits per heavy atom. The number of amides is 1. The minimum absolute atomic E-state index is 0.254. The Labute approximate surface area is 93.2 Å². The highest BCUT2D eigenvalue weighted by Crippen LogP contribution is 2.07. The highest BCUT2D eigenvalue weighted by Gasteiger charge is 2.17. The summed E-state index contributed by atoms with van der Waals surface area (Å²) in [6.45, 7) is 3.12. The number of nitrogens with one attached hydrogen (secondary N) is 2. The second-order valence-corrected chi connectivity index (χ2v) is 5.20. The van der Waals surface area contributed by atoms with E-state index in [0.717, 1.165) is 6.26 Å². The predicted octanol–water partition coefficient (Wildman–Crippen LogP) is -0.141. The topological polar surface area (TPSA) is 101 Å². The fourth-order valence-electron chi connectivity index (χ4n) is 1.03. The minimum Gasteiger partial charge on any atom is -0.360 e. The Hall–Kier alpha value is -1.41. The number of anilines is 1. The van der Waals surface area contributed by atoms with Gasteiger partial charge in [0, 0.05) is 6.07 Å². The van der Waals surface area contributed by atoms with E-state index < -0.39 is 22.0 Å². The Kier molecular flexibility index (Phi) is 3.66. The van der Waals surface area contributed by atoms with Gasteiger partial charge < -0.3 is 9.84 Å². The number of carbonyl (C=O) groups is 1. The quantitative estimate of drug-likeness (QED) is 0.771. The monoisotopic (exact) mass is 247 g/mol. The van der Waals surface area contributed by atoms with Gasteiger partial charge in [-0.05, 0) is 13.8 Å². The van der Waals surface area contributed by atoms with Crippen LogP contribution in [0.25, 0.3) is 0 Å². The van der Waals surface area contributed by atoms with Crippen LogP contribution in [0.2, 0.25) is 0 Å². The molecule has 0 radical (unpaired) electrons. The van der Waals surface area contributed by atoms with Crippen LogP contribution < -0.4 is 10.0 Å². The third-order valence-corrected chi connectivity index (χ3v) is 2.45. The third kappa shape index (κ3) is 3.99. The molecule has 2 N–H and O–H groups in total. The van der Waals surface area contributed by atoms with Gasteiger partial charge in [0.1, 0.15) is 5.76 Å². The van der Waals surface area contributed by atoms with Gasteiger partial charge in [-0.2, -0.15) is 0 Å². The van der Waals surface area contributed by atoms with Crippen molar-refractivity contribution in [1.82, 2.24) is 9.88 Å². The first-order valence-corrected chi connectivity index (χ1v) is 6.38. The van der Waals surface area contributed by atoms with Crippen molar-refractivity contribution in [2.24, 2.45) is 0 Å². The summed E-state index contributed by atoms with van der Waals surface area (Å²) in [5, 5.41) is 5.96. The summed E-state index contributed by atoms with van der Waals surface area (Å²) in [6, 6.07) is 0.664. The molecule has 1 rings (SSSR count). The highest BCUT2D eigenvalue weighted by atomic mass is 32.2. The second-order valence-electron chi connectivity index (χ2n) is 3.42. The first kappa shape index (κ1) is 12.7. The van der Waals surface area contributed by atoms with E-state index in [1.165, 1.54) is 13.0 Å². The maximum absolute atomic E-state index is 11.5. The maximum Gasteiger partial charge on any atom is 0.243 e. The summed E-state index contributed by atoms with van der Waals surface area (Å²) in [5.74, 6) is 0.308. The van der Waals surface area contributed by atoms with Crippen LogP contribution in [0.4, 0.5) is 5.82 Å². The zero-order chi connectivity index (χ0) is 12.3. The van der Waals surface area contributed by atoms with E-state index in [2.05, 4.69) is 15.2 Å². The van der Waals surface area contributed by atoms with Crippen molar-refractivity contribution in [3.05, 3.63) is 11.8 Å². The van der Waals surface area contributed by atoms with E-state index in [1.54, 1.807) is 6.92 Å². The van der Waals surface area contributed by atoms with Crippen molar-refractivity contribution < 1.29 is 17.7 Å². The number of sulfonamides is 1. The molecule has 1 aromatic heterocycles. The molecule has 0 spiro atoms. The van der Waals surface area contributed by atoms with E-state index >= 15 is 0 Å². The fourth-order valence-corrected chi connectivity index (χ4v) is 1.78. The van der Waals surface area contributed by atoms with Crippen molar-refractivity contribution in [1.29, 1.82) is 0 Å². The number of hydrogen-bond donors (Lipinski definition) is 2. The number of aromatic nitrogens is 1. The van der Waals surface area contributed by atoms with Crippen LogP contribution in [-0.4, -0.2) is 31.8 Å². The minimum atomic E-state index is -3.41. The molecule has 0 bridgehead atoms. The van der Waals surface area contributed by atoms with E-state index in [1.807, 2.05) is 0 Å². The normalized spacial score (nSPS) is 13.4. The molecule has 1 aromatic rings. The van der Waals surface area contributed by atoms with Crippen molar-refractivity contribution in [2.45, 2.75) is 19.9 Å². The molecule has 8 heteroatoms. The molecule has 1 heterocycles. The number of rotatable bonds is 4. The van der Waals surface area contributed by atoms with Gasteiger partial charge >= 0.3 is 0 Å². The summed E-state index contributed by atoms with van der Waals surface area (Å²) in [7, 11) is -3.41. The summed E-state index contributed by atoms with van der Waals surface area (Å²) in [4.78, 5) is 11.5. The van der Waals surface area contributed by atoms with Gasteiger partial charge in [-0.25, -0.2) is 13.1 Å². The van der Waals surface area contributed by atoms with Crippen LogP contribution in [0.5, 0.6) is 0 Å². The summed E-state index contributed by atoms with van der Waals surface area (Å²) >= 11 is 0. The molecule has 0 aliphatic heterocycles. The first-order chi connectivity index (χ1) is 7.28. The van der Waals surface area contributed by atoms with Crippen LogP contribution in [0.3, 0.4) is 0 Å². The van der Waals surface area contributed by atoms with Gasteiger partial charge in [0.15, 0.2) is 5.82 Å². The van der Waals surface area contributed by atoms with Gasteiger partial charge in [-0.15, -0.1) is 0 Å². The number of carbonyl (C=O) groups excluding carboxylic acids is 1. The third-order valence-electron chi connectivity index (χ3n) is 1.66. The SMILES string of the molecule is Cc1cc(NC(=O)[C@H](C)NS(C)(=O)=O)no1. The second kappa shape index (κ2) is 4.62. The van der Waals surface area contributed by atoms with Crippen molar-refractivity contribution in [2.75, 3.05) is 11.6 Å². The average Bonchev–Trinajstić information content (AvgIpc) is 2.48. The van der Waals surface area contributed by atoms with Crippen molar-refractivity contribution in [3.8, 4) is 0 Å². The molecular weight excluding hydrogens is 234 g/mol. The molecular formula is C8H13N3O4S.